The van der Waals surface area contributed by atoms with Crippen LogP contribution >= 0.6 is 0 Å². The van der Waals surface area contributed by atoms with Gasteiger partial charge in [-0.3, -0.25) is 14.9 Å². The molecule has 5 heteroatoms. The number of hydrogen-bond acceptors (Lipinski definition) is 3. The maximum atomic E-state index is 10.9. The fourth-order valence-electron chi connectivity index (χ4n) is 1.99. The third-order valence-corrected chi connectivity index (χ3v) is 3.40. The Labute approximate surface area is 127 Å². The van der Waals surface area contributed by atoms with Crippen LogP contribution in [0.15, 0.2) is 42.5 Å². The normalized spacial score (nSPS) is 12.1. The standard InChI is InChI=1S/C9H10O2.C8H5NO2/c1-6-3-4-8(9(10)11)5-7(6)2;10-7-5-3-1-2-4-6(5)8(11)9-7/h3-5H,1-2H3,(H,10,11);1-4H,(H,9,10,11). The van der Waals surface area contributed by atoms with Crippen LogP contribution in [0.5, 0.6) is 0 Å². The van der Waals surface area contributed by atoms with Crippen LogP contribution in [0, 0.1) is 13.8 Å². The Morgan fingerprint density at radius 1 is 0.909 bits per heavy atom. The number of nitrogens with one attached hydrogen (secondary N) is 1. The molecule has 0 unspecified atom stereocenters. The van der Waals surface area contributed by atoms with E-state index in [1.54, 1.807) is 36.4 Å². The summed E-state index contributed by atoms with van der Waals surface area (Å²) in [5.41, 5.74) is 3.43. The molecule has 0 saturated carbocycles. The fourth-order valence-corrected chi connectivity index (χ4v) is 1.99. The molecule has 3 rings (SSSR count). The second kappa shape index (κ2) is 6.22. The fraction of sp³-hybridized carbons (Fsp3) is 0.118. The summed E-state index contributed by atoms with van der Waals surface area (Å²) in [4.78, 5) is 32.4. The van der Waals surface area contributed by atoms with Crippen molar-refractivity contribution >= 4 is 17.8 Å². The highest BCUT2D eigenvalue weighted by atomic mass is 16.4. The van der Waals surface area contributed by atoms with Crippen LogP contribution in [0.1, 0.15) is 42.2 Å². The number of carbonyl (C=O) groups excluding carboxylic acids is 2. The van der Waals surface area contributed by atoms with Crippen molar-refractivity contribution in [1.29, 1.82) is 0 Å². The van der Waals surface area contributed by atoms with Crippen LogP contribution in [0.2, 0.25) is 0 Å². The van der Waals surface area contributed by atoms with Gasteiger partial charge in [0.05, 0.1) is 16.7 Å². The first-order valence-corrected chi connectivity index (χ1v) is 6.65. The molecule has 0 aliphatic carbocycles. The molecule has 0 saturated heterocycles. The van der Waals surface area contributed by atoms with Gasteiger partial charge in [-0.2, -0.15) is 0 Å². The van der Waals surface area contributed by atoms with E-state index in [1.165, 1.54) is 0 Å². The zero-order chi connectivity index (χ0) is 16.3. The molecular formula is C17H15NO4. The molecule has 22 heavy (non-hydrogen) atoms. The molecular weight excluding hydrogens is 282 g/mol. The summed E-state index contributed by atoms with van der Waals surface area (Å²) in [6.45, 7) is 3.86. The highest BCUT2D eigenvalue weighted by Crippen LogP contribution is 2.13. The minimum Gasteiger partial charge on any atom is -0.478 e. The quantitative estimate of drug-likeness (QED) is 0.792. The average Bonchev–Trinajstić information content (AvgIpc) is 2.78. The number of carbonyl (C=O) groups is 3. The Kier molecular flexibility index (Phi) is 4.36. The summed E-state index contributed by atoms with van der Waals surface area (Å²) >= 11 is 0. The first kappa shape index (κ1) is 15.4. The molecule has 0 bridgehead atoms. The number of amides is 2. The maximum absolute atomic E-state index is 10.9. The zero-order valence-corrected chi connectivity index (χ0v) is 12.2. The number of carboxylic acids is 1. The van der Waals surface area contributed by atoms with Crippen molar-refractivity contribution in [3.05, 3.63) is 70.3 Å². The van der Waals surface area contributed by atoms with Crippen LogP contribution in [0.4, 0.5) is 0 Å². The van der Waals surface area contributed by atoms with E-state index in [0.717, 1.165) is 11.1 Å². The van der Waals surface area contributed by atoms with Gasteiger partial charge in [0.1, 0.15) is 0 Å². The van der Waals surface area contributed by atoms with E-state index in [4.69, 9.17) is 5.11 Å². The Morgan fingerprint density at radius 2 is 1.45 bits per heavy atom. The van der Waals surface area contributed by atoms with E-state index in [2.05, 4.69) is 5.32 Å². The number of aryl methyl sites for hydroxylation is 2. The Morgan fingerprint density at radius 3 is 1.91 bits per heavy atom. The predicted octanol–water partition coefficient (Wildman–Crippen LogP) is 2.57. The molecule has 2 aromatic rings. The van der Waals surface area contributed by atoms with Gasteiger partial charge < -0.3 is 5.11 Å². The van der Waals surface area contributed by atoms with Crippen LogP contribution in [-0.2, 0) is 0 Å². The largest absolute Gasteiger partial charge is 0.478 e. The molecule has 0 fully saturated rings. The van der Waals surface area contributed by atoms with Gasteiger partial charge >= 0.3 is 5.97 Å². The Hall–Kier alpha value is -2.95. The van der Waals surface area contributed by atoms with Crippen molar-refractivity contribution in [2.24, 2.45) is 0 Å². The highest BCUT2D eigenvalue weighted by Gasteiger charge is 2.25. The second-order valence-electron chi connectivity index (χ2n) is 4.93. The van der Waals surface area contributed by atoms with E-state index in [9.17, 15) is 14.4 Å². The number of aromatic carboxylic acids is 1. The summed E-state index contributed by atoms with van der Waals surface area (Å²) in [6, 6.07) is 11.8. The lowest BCUT2D eigenvalue weighted by molar-refractivity contribution is 0.0696. The molecule has 2 N–H and O–H groups in total. The van der Waals surface area contributed by atoms with Crippen LogP contribution in [-0.4, -0.2) is 22.9 Å². The van der Waals surface area contributed by atoms with Gasteiger partial charge in [-0.25, -0.2) is 4.79 Å². The van der Waals surface area contributed by atoms with E-state index in [-0.39, 0.29) is 11.8 Å². The van der Waals surface area contributed by atoms with Gasteiger partial charge in [0.15, 0.2) is 0 Å². The lowest BCUT2D eigenvalue weighted by Gasteiger charge is -1.99. The molecule has 2 amide bonds. The molecule has 0 atom stereocenters. The monoisotopic (exact) mass is 297 g/mol. The van der Waals surface area contributed by atoms with E-state index >= 15 is 0 Å². The van der Waals surface area contributed by atoms with Gasteiger partial charge in [-0.15, -0.1) is 0 Å². The molecule has 1 aliphatic rings. The summed E-state index contributed by atoms with van der Waals surface area (Å²) in [5.74, 6) is -1.47. The lowest BCUT2D eigenvalue weighted by atomic mass is 10.1. The summed E-state index contributed by atoms with van der Waals surface area (Å²) in [7, 11) is 0. The molecule has 1 aliphatic heterocycles. The minimum absolute atomic E-state index is 0.300. The third kappa shape index (κ3) is 3.20. The zero-order valence-electron chi connectivity index (χ0n) is 12.2. The molecule has 1 heterocycles. The van der Waals surface area contributed by atoms with Gasteiger partial charge in [-0.1, -0.05) is 18.2 Å². The summed E-state index contributed by atoms with van der Waals surface area (Å²) in [6.07, 6.45) is 0. The molecule has 112 valence electrons. The van der Waals surface area contributed by atoms with Crippen molar-refractivity contribution in [2.45, 2.75) is 13.8 Å². The topological polar surface area (TPSA) is 83.5 Å². The predicted molar refractivity (Wildman–Crippen MR) is 81.1 cm³/mol. The molecule has 0 aromatic heterocycles. The average molecular weight is 297 g/mol. The Bertz CT molecular complexity index is 732. The van der Waals surface area contributed by atoms with Gasteiger partial charge in [-0.05, 0) is 49.2 Å². The van der Waals surface area contributed by atoms with Crippen molar-refractivity contribution in [3.63, 3.8) is 0 Å². The third-order valence-electron chi connectivity index (χ3n) is 3.40. The maximum Gasteiger partial charge on any atom is 0.335 e. The first-order chi connectivity index (χ1) is 10.4. The minimum atomic E-state index is -0.867. The molecule has 5 nitrogen and oxygen atoms in total. The van der Waals surface area contributed by atoms with Crippen molar-refractivity contribution in [2.75, 3.05) is 0 Å². The van der Waals surface area contributed by atoms with Gasteiger partial charge in [0.25, 0.3) is 11.8 Å². The number of imide groups is 1. The van der Waals surface area contributed by atoms with Crippen LogP contribution < -0.4 is 5.32 Å². The van der Waals surface area contributed by atoms with Gasteiger partial charge in [0.2, 0.25) is 0 Å². The van der Waals surface area contributed by atoms with Crippen LogP contribution in [0.3, 0.4) is 0 Å². The van der Waals surface area contributed by atoms with Crippen molar-refractivity contribution < 1.29 is 19.5 Å². The number of carboxylic acid groups (broad SMARTS) is 1. The number of fused-ring (bicyclic) bond motifs is 1. The lowest BCUT2D eigenvalue weighted by Crippen LogP contribution is -2.19. The number of rotatable bonds is 1. The molecule has 2 aromatic carbocycles. The SMILES string of the molecule is Cc1ccc(C(=O)O)cc1C.O=C1NC(=O)c2ccccc21. The number of benzene rings is 2. The summed E-state index contributed by atoms with van der Waals surface area (Å²) in [5, 5.41) is 10.8. The van der Waals surface area contributed by atoms with Crippen molar-refractivity contribution in [1.82, 2.24) is 5.32 Å². The summed E-state index contributed by atoms with van der Waals surface area (Å²) < 4.78 is 0. The highest BCUT2D eigenvalue weighted by molar-refractivity contribution is 6.21. The first-order valence-electron chi connectivity index (χ1n) is 6.65. The second-order valence-corrected chi connectivity index (χ2v) is 4.93. The number of hydrogen-bond donors (Lipinski definition) is 2. The van der Waals surface area contributed by atoms with Crippen LogP contribution in [0.25, 0.3) is 0 Å². The Balaban J connectivity index is 0.000000160. The van der Waals surface area contributed by atoms with E-state index < -0.39 is 5.97 Å². The van der Waals surface area contributed by atoms with Crippen molar-refractivity contribution in [3.8, 4) is 0 Å². The smallest absolute Gasteiger partial charge is 0.335 e. The van der Waals surface area contributed by atoms with Gasteiger partial charge in [0, 0.05) is 0 Å². The molecule has 0 radical (unpaired) electrons. The van der Waals surface area contributed by atoms with E-state index in [0.29, 0.717) is 16.7 Å². The van der Waals surface area contributed by atoms with E-state index in [1.807, 2.05) is 19.9 Å². The molecule has 0 spiro atoms.